The van der Waals surface area contributed by atoms with Gasteiger partial charge in [0.1, 0.15) is 0 Å². The van der Waals surface area contributed by atoms with Gasteiger partial charge in [-0.1, -0.05) is 6.07 Å². The number of nitrogens with one attached hydrogen (secondary N) is 1. The first-order valence-corrected chi connectivity index (χ1v) is 6.09. The molecule has 1 heterocycles. The van der Waals surface area contributed by atoms with Crippen LogP contribution in [0.3, 0.4) is 0 Å². The van der Waals surface area contributed by atoms with Crippen molar-refractivity contribution in [1.29, 1.82) is 0 Å². The van der Waals surface area contributed by atoms with Gasteiger partial charge in [0.2, 0.25) is 0 Å². The number of hydrogen-bond acceptors (Lipinski definition) is 3. The van der Waals surface area contributed by atoms with Crippen LogP contribution in [0.15, 0.2) is 30.3 Å². The Balaban J connectivity index is 2.28. The van der Waals surface area contributed by atoms with Crippen LogP contribution in [0.25, 0.3) is 0 Å². The Kier molecular flexibility index (Phi) is 3.51. The summed E-state index contributed by atoms with van der Waals surface area (Å²) in [6.07, 6.45) is 0. The van der Waals surface area contributed by atoms with Crippen LogP contribution in [-0.4, -0.2) is 10.9 Å². The summed E-state index contributed by atoms with van der Waals surface area (Å²) in [6, 6.07) is 9.05. The molecule has 0 fully saturated rings. The van der Waals surface area contributed by atoms with Gasteiger partial charge in [-0.15, -0.1) is 0 Å². The van der Waals surface area contributed by atoms with E-state index in [1.807, 2.05) is 32.9 Å². The SMILES string of the molecule is Cc1ccc(NC(=O)c2cccc(N)c2C)c(C)n1. The average molecular weight is 255 g/mol. The zero-order valence-electron chi connectivity index (χ0n) is 11.3. The van der Waals surface area contributed by atoms with Crippen LogP contribution in [0.5, 0.6) is 0 Å². The Morgan fingerprint density at radius 1 is 1.16 bits per heavy atom. The molecule has 0 aliphatic rings. The molecule has 1 aromatic heterocycles. The van der Waals surface area contributed by atoms with Crippen molar-refractivity contribution in [2.45, 2.75) is 20.8 Å². The molecule has 1 amide bonds. The summed E-state index contributed by atoms with van der Waals surface area (Å²) < 4.78 is 0. The van der Waals surface area contributed by atoms with Crippen molar-refractivity contribution in [2.75, 3.05) is 11.1 Å². The maximum atomic E-state index is 12.2. The van der Waals surface area contributed by atoms with Crippen molar-refractivity contribution < 1.29 is 4.79 Å². The number of aryl methyl sites for hydroxylation is 2. The van der Waals surface area contributed by atoms with Gasteiger partial charge >= 0.3 is 0 Å². The van der Waals surface area contributed by atoms with Gasteiger partial charge in [0.25, 0.3) is 5.91 Å². The van der Waals surface area contributed by atoms with Crippen molar-refractivity contribution in [3.63, 3.8) is 0 Å². The number of pyridine rings is 1. The molecule has 19 heavy (non-hydrogen) atoms. The molecular weight excluding hydrogens is 238 g/mol. The highest BCUT2D eigenvalue weighted by atomic mass is 16.1. The summed E-state index contributed by atoms with van der Waals surface area (Å²) >= 11 is 0. The minimum Gasteiger partial charge on any atom is -0.398 e. The van der Waals surface area contributed by atoms with E-state index in [1.54, 1.807) is 18.2 Å². The second-order valence-corrected chi connectivity index (χ2v) is 4.56. The quantitative estimate of drug-likeness (QED) is 0.811. The summed E-state index contributed by atoms with van der Waals surface area (Å²) in [4.78, 5) is 16.6. The average Bonchev–Trinajstić information content (AvgIpc) is 2.36. The third-order valence-electron chi connectivity index (χ3n) is 3.09. The summed E-state index contributed by atoms with van der Waals surface area (Å²) in [5.41, 5.74) is 10.2. The van der Waals surface area contributed by atoms with Gasteiger partial charge in [0.15, 0.2) is 0 Å². The lowest BCUT2D eigenvalue weighted by atomic mass is 10.1. The number of carbonyl (C=O) groups excluding carboxylic acids is 1. The summed E-state index contributed by atoms with van der Waals surface area (Å²) in [7, 11) is 0. The van der Waals surface area contributed by atoms with Crippen LogP contribution in [0.1, 0.15) is 27.3 Å². The molecule has 0 aliphatic carbocycles. The van der Waals surface area contributed by atoms with E-state index in [4.69, 9.17) is 5.73 Å². The molecule has 2 rings (SSSR count). The topological polar surface area (TPSA) is 68.0 Å². The molecule has 0 radical (unpaired) electrons. The monoisotopic (exact) mass is 255 g/mol. The number of benzene rings is 1. The predicted molar refractivity (Wildman–Crippen MR) is 77.3 cm³/mol. The van der Waals surface area contributed by atoms with Gasteiger partial charge in [-0.3, -0.25) is 9.78 Å². The number of nitrogens with two attached hydrogens (primary N) is 1. The molecule has 2 aromatic rings. The first-order chi connectivity index (χ1) is 8.99. The highest BCUT2D eigenvalue weighted by Crippen LogP contribution is 2.18. The third kappa shape index (κ3) is 2.73. The Hall–Kier alpha value is -2.36. The van der Waals surface area contributed by atoms with E-state index in [1.165, 1.54) is 0 Å². The number of carbonyl (C=O) groups is 1. The smallest absolute Gasteiger partial charge is 0.256 e. The number of hydrogen-bond donors (Lipinski definition) is 2. The zero-order valence-corrected chi connectivity index (χ0v) is 11.3. The molecule has 0 bridgehead atoms. The van der Waals surface area contributed by atoms with Crippen LogP contribution in [0, 0.1) is 20.8 Å². The Labute approximate surface area is 112 Å². The minimum atomic E-state index is -0.168. The van der Waals surface area contributed by atoms with Gasteiger partial charge in [-0.05, 0) is 50.6 Å². The van der Waals surface area contributed by atoms with Crippen LogP contribution < -0.4 is 11.1 Å². The number of nitrogen functional groups attached to an aromatic ring is 1. The number of nitrogens with zero attached hydrogens (tertiary/aromatic N) is 1. The standard InChI is InChI=1S/C15H17N3O/c1-9-7-8-14(11(3)17-9)18-15(19)12-5-4-6-13(16)10(12)2/h4-8H,16H2,1-3H3,(H,18,19). The first kappa shape index (κ1) is 13.1. The molecule has 4 heteroatoms. The van der Waals surface area contributed by atoms with Crippen LogP contribution in [-0.2, 0) is 0 Å². The van der Waals surface area contributed by atoms with E-state index in [-0.39, 0.29) is 5.91 Å². The van der Waals surface area contributed by atoms with Crippen molar-refractivity contribution in [3.8, 4) is 0 Å². The lowest BCUT2D eigenvalue weighted by Crippen LogP contribution is -2.15. The molecule has 0 saturated heterocycles. The van der Waals surface area contributed by atoms with Crippen LogP contribution in [0.2, 0.25) is 0 Å². The Morgan fingerprint density at radius 2 is 1.89 bits per heavy atom. The number of anilines is 2. The zero-order chi connectivity index (χ0) is 14.0. The van der Waals surface area contributed by atoms with Crippen LogP contribution in [0.4, 0.5) is 11.4 Å². The molecule has 0 unspecified atom stereocenters. The summed E-state index contributed by atoms with van der Waals surface area (Å²) in [5.74, 6) is -0.168. The fourth-order valence-corrected chi connectivity index (χ4v) is 1.91. The lowest BCUT2D eigenvalue weighted by molar-refractivity contribution is 0.102. The third-order valence-corrected chi connectivity index (χ3v) is 3.09. The number of amides is 1. The molecule has 0 spiro atoms. The van der Waals surface area contributed by atoms with Gasteiger partial charge in [-0.2, -0.15) is 0 Å². The summed E-state index contributed by atoms with van der Waals surface area (Å²) in [6.45, 7) is 5.62. The van der Waals surface area contributed by atoms with Gasteiger partial charge in [-0.25, -0.2) is 0 Å². The number of rotatable bonds is 2. The second kappa shape index (κ2) is 5.10. The highest BCUT2D eigenvalue weighted by molar-refractivity contribution is 6.06. The molecule has 1 aromatic carbocycles. The first-order valence-electron chi connectivity index (χ1n) is 6.09. The lowest BCUT2D eigenvalue weighted by Gasteiger charge is -2.11. The van der Waals surface area contributed by atoms with E-state index in [2.05, 4.69) is 10.3 Å². The van der Waals surface area contributed by atoms with Crippen LogP contribution >= 0.6 is 0 Å². The van der Waals surface area contributed by atoms with E-state index < -0.39 is 0 Å². The van der Waals surface area contributed by atoms with Crippen molar-refractivity contribution in [1.82, 2.24) is 4.98 Å². The van der Waals surface area contributed by atoms with E-state index >= 15 is 0 Å². The highest BCUT2D eigenvalue weighted by Gasteiger charge is 2.12. The van der Waals surface area contributed by atoms with E-state index in [9.17, 15) is 4.79 Å². The maximum absolute atomic E-state index is 12.2. The molecular formula is C15H17N3O. The largest absolute Gasteiger partial charge is 0.398 e. The van der Waals surface area contributed by atoms with Crippen molar-refractivity contribution in [3.05, 3.63) is 52.8 Å². The molecule has 4 nitrogen and oxygen atoms in total. The van der Waals surface area contributed by atoms with Crippen molar-refractivity contribution in [2.24, 2.45) is 0 Å². The molecule has 0 saturated carbocycles. The predicted octanol–water partition coefficient (Wildman–Crippen LogP) is 2.84. The molecule has 98 valence electrons. The molecule has 0 aliphatic heterocycles. The van der Waals surface area contributed by atoms with Gasteiger partial charge in [0, 0.05) is 16.9 Å². The van der Waals surface area contributed by atoms with E-state index in [0.717, 1.165) is 22.6 Å². The maximum Gasteiger partial charge on any atom is 0.256 e. The van der Waals surface area contributed by atoms with Crippen molar-refractivity contribution >= 4 is 17.3 Å². The normalized spacial score (nSPS) is 10.3. The van der Waals surface area contributed by atoms with Gasteiger partial charge in [0.05, 0.1) is 11.4 Å². The summed E-state index contributed by atoms with van der Waals surface area (Å²) in [5, 5.41) is 2.86. The minimum absolute atomic E-state index is 0.168. The molecule has 0 atom stereocenters. The van der Waals surface area contributed by atoms with E-state index in [0.29, 0.717) is 11.3 Å². The fraction of sp³-hybridized carbons (Fsp3) is 0.200. The molecule has 3 N–H and O–H groups in total. The number of aromatic nitrogens is 1. The Bertz CT molecular complexity index is 635. The Morgan fingerprint density at radius 3 is 2.58 bits per heavy atom. The fourth-order valence-electron chi connectivity index (χ4n) is 1.91. The second-order valence-electron chi connectivity index (χ2n) is 4.56. The van der Waals surface area contributed by atoms with Gasteiger partial charge < -0.3 is 11.1 Å².